The monoisotopic (exact) mass is 252 g/mol. The van der Waals surface area contributed by atoms with E-state index in [9.17, 15) is 4.79 Å². The van der Waals surface area contributed by atoms with Crippen molar-refractivity contribution in [3.05, 3.63) is 18.5 Å². The van der Waals surface area contributed by atoms with Crippen LogP contribution in [0.4, 0.5) is 11.4 Å². The summed E-state index contributed by atoms with van der Waals surface area (Å²) in [6.45, 7) is 1.49. The zero-order chi connectivity index (χ0) is 13.4. The predicted molar refractivity (Wildman–Crippen MR) is 71.9 cm³/mol. The first-order valence-electron chi connectivity index (χ1n) is 5.76. The molecule has 0 fully saturated rings. The van der Waals surface area contributed by atoms with Crippen molar-refractivity contribution in [3.63, 3.8) is 0 Å². The topological polar surface area (TPSA) is 66.5 Å². The van der Waals surface area contributed by atoms with Gasteiger partial charge in [-0.3, -0.25) is 9.78 Å². The van der Waals surface area contributed by atoms with Crippen LogP contribution in [-0.2, 0) is 9.53 Å². The van der Waals surface area contributed by atoms with Crippen molar-refractivity contribution in [3.8, 4) is 0 Å². The van der Waals surface area contributed by atoms with E-state index >= 15 is 0 Å². The Labute approximate surface area is 107 Å². The molecule has 0 saturated heterocycles. The van der Waals surface area contributed by atoms with Crippen LogP contribution in [0.5, 0.6) is 0 Å². The van der Waals surface area contributed by atoms with Crippen molar-refractivity contribution < 1.29 is 9.53 Å². The molecule has 1 heterocycles. The van der Waals surface area contributed by atoms with Gasteiger partial charge in [-0.05, 0) is 6.07 Å². The number of rotatable bonds is 7. The van der Waals surface area contributed by atoms with Gasteiger partial charge >= 0.3 is 0 Å². The highest BCUT2D eigenvalue weighted by atomic mass is 16.5. The predicted octanol–water partition coefficient (Wildman–Crippen LogP) is 0.322. The van der Waals surface area contributed by atoms with Gasteiger partial charge in [-0.1, -0.05) is 0 Å². The number of ether oxygens (including phenoxy) is 1. The van der Waals surface area contributed by atoms with Gasteiger partial charge in [-0.25, -0.2) is 0 Å². The molecule has 1 amide bonds. The van der Waals surface area contributed by atoms with Gasteiger partial charge in [0.25, 0.3) is 0 Å². The van der Waals surface area contributed by atoms with Gasteiger partial charge in [0.2, 0.25) is 5.91 Å². The van der Waals surface area contributed by atoms with Crippen LogP contribution >= 0.6 is 0 Å². The fourth-order valence-electron chi connectivity index (χ4n) is 1.44. The highest BCUT2D eigenvalue weighted by Crippen LogP contribution is 2.21. The maximum atomic E-state index is 11.7. The van der Waals surface area contributed by atoms with E-state index in [1.807, 2.05) is 25.1 Å². The van der Waals surface area contributed by atoms with Gasteiger partial charge in [0.15, 0.2) is 0 Å². The standard InChI is InChI=1S/C12H20N4O2/c1-16(2)11-4-5-13-8-10(11)15-12(17)9-14-6-7-18-3/h4-5,8,14H,6-7,9H2,1-3H3,(H,15,17). The largest absolute Gasteiger partial charge is 0.383 e. The lowest BCUT2D eigenvalue weighted by atomic mass is 10.3. The summed E-state index contributed by atoms with van der Waals surface area (Å²) in [6.07, 6.45) is 3.34. The average Bonchev–Trinajstić information content (AvgIpc) is 2.35. The number of anilines is 2. The zero-order valence-corrected chi connectivity index (χ0v) is 11.1. The normalized spacial score (nSPS) is 10.2. The van der Waals surface area contributed by atoms with Crippen molar-refractivity contribution in [2.75, 3.05) is 51.1 Å². The van der Waals surface area contributed by atoms with Crippen LogP contribution in [0, 0.1) is 0 Å². The highest BCUT2D eigenvalue weighted by molar-refractivity contribution is 5.95. The van der Waals surface area contributed by atoms with Gasteiger partial charge in [0.05, 0.1) is 30.7 Å². The minimum absolute atomic E-state index is 0.0952. The van der Waals surface area contributed by atoms with Crippen LogP contribution in [0.15, 0.2) is 18.5 Å². The summed E-state index contributed by atoms with van der Waals surface area (Å²) in [7, 11) is 5.46. The van der Waals surface area contributed by atoms with Gasteiger partial charge in [-0.15, -0.1) is 0 Å². The molecule has 1 aromatic heterocycles. The molecule has 0 aromatic carbocycles. The molecule has 1 rings (SSSR count). The second-order valence-electron chi connectivity index (χ2n) is 4.01. The molecule has 6 nitrogen and oxygen atoms in total. The Hall–Kier alpha value is -1.66. The van der Waals surface area contributed by atoms with Crippen molar-refractivity contribution in [2.45, 2.75) is 0 Å². The van der Waals surface area contributed by atoms with Crippen molar-refractivity contribution in [2.24, 2.45) is 0 Å². The van der Waals surface area contributed by atoms with E-state index in [0.29, 0.717) is 18.8 Å². The summed E-state index contributed by atoms with van der Waals surface area (Å²) < 4.78 is 4.88. The fraction of sp³-hybridized carbons (Fsp3) is 0.500. The number of methoxy groups -OCH3 is 1. The number of carbonyl (C=O) groups excluding carboxylic acids is 1. The van der Waals surface area contributed by atoms with E-state index in [1.165, 1.54) is 0 Å². The number of hydrogen-bond acceptors (Lipinski definition) is 5. The smallest absolute Gasteiger partial charge is 0.238 e. The molecule has 6 heteroatoms. The fourth-order valence-corrected chi connectivity index (χ4v) is 1.44. The van der Waals surface area contributed by atoms with Gasteiger partial charge in [0.1, 0.15) is 0 Å². The van der Waals surface area contributed by atoms with E-state index in [1.54, 1.807) is 19.5 Å². The van der Waals surface area contributed by atoms with Crippen LogP contribution in [0.2, 0.25) is 0 Å². The number of nitrogens with one attached hydrogen (secondary N) is 2. The lowest BCUT2D eigenvalue weighted by Gasteiger charge is -2.17. The quantitative estimate of drug-likeness (QED) is 0.684. The number of pyridine rings is 1. The molecule has 0 aliphatic heterocycles. The third-order valence-electron chi connectivity index (χ3n) is 2.32. The van der Waals surface area contributed by atoms with E-state index in [4.69, 9.17) is 4.74 Å². The molecule has 0 aliphatic rings. The third-order valence-corrected chi connectivity index (χ3v) is 2.32. The molecule has 0 saturated carbocycles. The van der Waals surface area contributed by atoms with E-state index in [2.05, 4.69) is 15.6 Å². The van der Waals surface area contributed by atoms with E-state index < -0.39 is 0 Å². The molecule has 0 spiro atoms. The Morgan fingerprint density at radius 2 is 2.28 bits per heavy atom. The Balaban J connectivity index is 2.49. The molecule has 100 valence electrons. The third kappa shape index (κ3) is 4.68. The zero-order valence-electron chi connectivity index (χ0n) is 11.1. The first-order chi connectivity index (χ1) is 8.65. The second-order valence-corrected chi connectivity index (χ2v) is 4.01. The minimum atomic E-state index is -0.0952. The number of amides is 1. The van der Waals surface area contributed by atoms with Crippen molar-refractivity contribution >= 4 is 17.3 Å². The minimum Gasteiger partial charge on any atom is -0.383 e. The maximum absolute atomic E-state index is 11.7. The Kier molecular flexibility index (Phi) is 6.10. The van der Waals surface area contributed by atoms with Crippen LogP contribution < -0.4 is 15.5 Å². The van der Waals surface area contributed by atoms with E-state index in [0.717, 1.165) is 5.69 Å². The SMILES string of the molecule is COCCNCC(=O)Nc1cnccc1N(C)C. The second kappa shape index (κ2) is 7.62. The molecular formula is C12H20N4O2. The number of aromatic nitrogens is 1. The molecule has 2 N–H and O–H groups in total. The average molecular weight is 252 g/mol. The Bertz CT molecular complexity index is 382. The summed E-state index contributed by atoms with van der Waals surface area (Å²) in [6, 6.07) is 1.86. The summed E-state index contributed by atoms with van der Waals surface area (Å²) >= 11 is 0. The Morgan fingerprint density at radius 3 is 2.94 bits per heavy atom. The first kappa shape index (κ1) is 14.4. The number of nitrogens with zero attached hydrogens (tertiary/aromatic N) is 2. The molecule has 0 radical (unpaired) electrons. The first-order valence-corrected chi connectivity index (χ1v) is 5.76. The van der Waals surface area contributed by atoms with Crippen LogP contribution in [0.3, 0.4) is 0 Å². The van der Waals surface area contributed by atoms with E-state index in [-0.39, 0.29) is 12.5 Å². The molecule has 0 unspecified atom stereocenters. The van der Waals surface area contributed by atoms with Gasteiger partial charge in [0, 0.05) is 33.9 Å². The summed E-state index contributed by atoms with van der Waals surface area (Å²) in [5.41, 5.74) is 1.64. The van der Waals surface area contributed by atoms with Crippen molar-refractivity contribution in [1.82, 2.24) is 10.3 Å². The number of hydrogen-bond donors (Lipinski definition) is 2. The molecule has 18 heavy (non-hydrogen) atoms. The molecular weight excluding hydrogens is 232 g/mol. The lowest BCUT2D eigenvalue weighted by Crippen LogP contribution is -2.30. The van der Waals surface area contributed by atoms with Crippen LogP contribution in [0.25, 0.3) is 0 Å². The molecule has 1 aromatic rings. The molecule has 0 bridgehead atoms. The van der Waals surface area contributed by atoms with Crippen LogP contribution in [0.1, 0.15) is 0 Å². The van der Waals surface area contributed by atoms with Gasteiger partial charge in [-0.2, -0.15) is 0 Å². The summed E-state index contributed by atoms with van der Waals surface area (Å²) in [4.78, 5) is 17.6. The molecule has 0 aliphatic carbocycles. The number of carbonyl (C=O) groups is 1. The van der Waals surface area contributed by atoms with Gasteiger partial charge < -0.3 is 20.3 Å². The summed E-state index contributed by atoms with van der Waals surface area (Å²) in [5.74, 6) is -0.0952. The highest BCUT2D eigenvalue weighted by Gasteiger charge is 2.07. The summed E-state index contributed by atoms with van der Waals surface area (Å²) in [5, 5.41) is 5.81. The van der Waals surface area contributed by atoms with Crippen molar-refractivity contribution in [1.29, 1.82) is 0 Å². The maximum Gasteiger partial charge on any atom is 0.238 e. The Morgan fingerprint density at radius 1 is 1.50 bits per heavy atom. The lowest BCUT2D eigenvalue weighted by molar-refractivity contribution is -0.115. The van der Waals surface area contributed by atoms with Crippen LogP contribution in [-0.4, -0.2) is 51.8 Å². The molecule has 0 atom stereocenters.